The lowest BCUT2D eigenvalue weighted by Gasteiger charge is -2.30. The second-order valence-electron chi connectivity index (χ2n) is 6.41. The largest absolute Gasteiger partial charge is 0.352 e. The Hall–Kier alpha value is -1.46. The highest BCUT2D eigenvalue weighted by Gasteiger charge is 2.37. The molecule has 0 aromatic carbocycles. The summed E-state index contributed by atoms with van der Waals surface area (Å²) in [5, 5.41) is 12.0. The van der Waals surface area contributed by atoms with Crippen molar-refractivity contribution in [1.82, 2.24) is 9.62 Å². The quantitative estimate of drug-likeness (QED) is 0.730. The van der Waals surface area contributed by atoms with Gasteiger partial charge in [-0.05, 0) is 25.7 Å². The Morgan fingerprint density at radius 1 is 1.22 bits per heavy atom. The van der Waals surface area contributed by atoms with E-state index in [1.807, 2.05) is 0 Å². The van der Waals surface area contributed by atoms with Gasteiger partial charge in [-0.2, -0.15) is 5.26 Å². The molecule has 1 saturated carbocycles. The van der Waals surface area contributed by atoms with Crippen molar-refractivity contribution in [3.63, 3.8) is 0 Å². The van der Waals surface area contributed by atoms with Crippen molar-refractivity contribution in [2.24, 2.45) is 11.8 Å². The number of ketones is 1. The molecule has 2 fully saturated rings. The second kappa shape index (κ2) is 7.41. The molecule has 2 rings (SSSR count). The number of piperidine rings is 1. The van der Waals surface area contributed by atoms with Crippen LogP contribution in [0.5, 0.6) is 0 Å². The SMILES string of the molecule is CS(=O)(=O)N1CCC[C@H](C(=O)[C@@H](C#N)C(=O)NC2CCCC2)C1. The van der Waals surface area contributed by atoms with Crippen LogP contribution >= 0.6 is 0 Å². The molecule has 2 aliphatic rings. The first-order valence-corrected chi connectivity index (χ1v) is 9.86. The number of nitrogens with one attached hydrogen (secondary N) is 1. The third-order valence-corrected chi connectivity index (χ3v) is 5.90. The molecule has 0 aromatic heterocycles. The predicted octanol–water partition coefficient (Wildman–Crippen LogP) is 0.426. The Bertz CT molecular complexity index is 605. The summed E-state index contributed by atoms with van der Waals surface area (Å²) < 4.78 is 24.5. The summed E-state index contributed by atoms with van der Waals surface area (Å²) in [5.74, 6) is -2.94. The third kappa shape index (κ3) is 4.52. The third-order valence-electron chi connectivity index (χ3n) is 4.63. The smallest absolute Gasteiger partial charge is 0.245 e. The maximum atomic E-state index is 12.5. The van der Waals surface area contributed by atoms with Crippen molar-refractivity contribution in [2.45, 2.75) is 44.6 Å². The van der Waals surface area contributed by atoms with Crippen LogP contribution in [-0.4, -0.2) is 49.8 Å². The molecular weight excluding hydrogens is 318 g/mol. The summed E-state index contributed by atoms with van der Waals surface area (Å²) >= 11 is 0. The molecule has 1 heterocycles. The van der Waals surface area contributed by atoms with Crippen molar-refractivity contribution in [2.75, 3.05) is 19.3 Å². The topological polar surface area (TPSA) is 107 Å². The van der Waals surface area contributed by atoms with Crippen molar-refractivity contribution >= 4 is 21.7 Å². The molecule has 1 saturated heterocycles. The molecule has 0 aromatic rings. The first kappa shape index (κ1) is 17.9. The predicted molar refractivity (Wildman–Crippen MR) is 83.6 cm³/mol. The minimum Gasteiger partial charge on any atom is -0.352 e. The summed E-state index contributed by atoms with van der Waals surface area (Å²) in [6.45, 7) is 0.445. The zero-order chi connectivity index (χ0) is 17.0. The summed E-state index contributed by atoms with van der Waals surface area (Å²) in [5.41, 5.74) is 0. The van der Waals surface area contributed by atoms with Crippen LogP contribution in [0.25, 0.3) is 0 Å². The monoisotopic (exact) mass is 341 g/mol. The molecule has 1 amide bonds. The number of carbonyl (C=O) groups is 2. The van der Waals surface area contributed by atoms with Crippen molar-refractivity contribution in [1.29, 1.82) is 5.26 Å². The molecule has 1 N–H and O–H groups in total. The van der Waals surface area contributed by atoms with E-state index in [2.05, 4.69) is 5.32 Å². The number of hydrogen-bond acceptors (Lipinski definition) is 5. The normalized spacial score (nSPS) is 24.8. The van der Waals surface area contributed by atoms with Gasteiger partial charge in [0.25, 0.3) is 0 Å². The molecule has 0 unspecified atom stereocenters. The van der Waals surface area contributed by atoms with Crippen LogP contribution < -0.4 is 5.32 Å². The molecule has 128 valence electrons. The summed E-state index contributed by atoms with van der Waals surface area (Å²) in [6, 6.07) is 1.84. The lowest BCUT2D eigenvalue weighted by atomic mass is 9.87. The van der Waals surface area contributed by atoms with Crippen molar-refractivity contribution < 1.29 is 18.0 Å². The van der Waals surface area contributed by atoms with Crippen molar-refractivity contribution in [3.8, 4) is 6.07 Å². The number of rotatable bonds is 5. The van der Waals surface area contributed by atoms with E-state index in [0.29, 0.717) is 19.4 Å². The summed E-state index contributed by atoms with van der Waals surface area (Å²) in [7, 11) is -3.37. The van der Waals surface area contributed by atoms with Gasteiger partial charge < -0.3 is 5.32 Å². The van der Waals surface area contributed by atoms with Gasteiger partial charge in [0, 0.05) is 25.0 Å². The Morgan fingerprint density at radius 3 is 2.43 bits per heavy atom. The fourth-order valence-electron chi connectivity index (χ4n) is 3.32. The van der Waals surface area contributed by atoms with Gasteiger partial charge in [-0.1, -0.05) is 12.8 Å². The average Bonchev–Trinajstić information content (AvgIpc) is 3.00. The number of Topliss-reactive ketones (excluding diaryl/α,β-unsaturated/α-hetero) is 1. The molecule has 7 nitrogen and oxygen atoms in total. The van der Waals surface area contributed by atoms with E-state index in [1.54, 1.807) is 6.07 Å². The average molecular weight is 341 g/mol. The molecule has 8 heteroatoms. The van der Waals surface area contributed by atoms with Crippen LogP contribution in [0.15, 0.2) is 0 Å². The lowest BCUT2D eigenvalue weighted by molar-refractivity contribution is -0.134. The highest BCUT2D eigenvalue weighted by Crippen LogP contribution is 2.23. The van der Waals surface area contributed by atoms with E-state index in [4.69, 9.17) is 0 Å². The van der Waals surface area contributed by atoms with E-state index < -0.39 is 33.5 Å². The first-order valence-electron chi connectivity index (χ1n) is 8.01. The highest BCUT2D eigenvalue weighted by molar-refractivity contribution is 7.88. The Morgan fingerprint density at radius 2 is 1.87 bits per heavy atom. The Kier molecular flexibility index (Phi) is 5.76. The van der Waals surface area contributed by atoms with Crippen LogP contribution in [0.2, 0.25) is 0 Å². The van der Waals surface area contributed by atoms with Crippen LogP contribution in [0, 0.1) is 23.2 Å². The zero-order valence-corrected chi connectivity index (χ0v) is 14.1. The number of carbonyl (C=O) groups excluding carboxylic acids is 2. The maximum absolute atomic E-state index is 12.5. The van der Waals surface area contributed by atoms with Crippen molar-refractivity contribution in [3.05, 3.63) is 0 Å². The van der Waals surface area contributed by atoms with Gasteiger partial charge in [0.05, 0.1) is 12.3 Å². The van der Waals surface area contributed by atoms with Crippen LogP contribution in [-0.2, 0) is 19.6 Å². The van der Waals surface area contributed by atoms with Gasteiger partial charge in [-0.3, -0.25) is 9.59 Å². The fourth-order valence-corrected chi connectivity index (χ4v) is 4.23. The van der Waals surface area contributed by atoms with Crippen LogP contribution in [0.3, 0.4) is 0 Å². The summed E-state index contributed by atoms with van der Waals surface area (Å²) in [4.78, 5) is 24.7. The minimum absolute atomic E-state index is 0.0463. The van der Waals surface area contributed by atoms with E-state index in [-0.39, 0.29) is 12.6 Å². The number of sulfonamides is 1. The van der Waals surface area contributed by atoms with E-state index in [0.717, 1.165) is 31.9 Å². The van der Waals surface area contributed by atoms with Gasteiger partial charge in [-0.25, -0.2) is 12.7 Å². The molecule has 0 spiro atoms. The Balaban J connectivity index is 2.01. The minimum atomic E-state index is -3.37. The molecule has 2 atom stereocenters. The molecule has 23 heavy (non-hydrogen) atoms. The van der Waals surface area contributed by atoms with Gasteiger partial charge in [0.2, 0.25) is 15.9 Å². The van der Waals surface area contributed by atoms with Gasteiger partial charge >= 0.3 is 0 Å². The zero-order valence-electron chi connectivity index (χ0n) is 13.3. The number of amides is 1. The molecule has 0 bridgehead atoms. The van der Waals surface area contributed by atoms with Gasteiger partial charge in [-0.15, -0.1) is 0 Å². The van der Waals surface area contributed by atoms with Crippen LogP contribution in [0.4, 0.5) is 0 Å². The van der Waals surface area contributed by atoms with Crippen LogP contribution in [0.1, 0.15) is 38.5 Å². The second-order valence-corrected chi connectivity index (χ2v) is 8.40. The Labute approximate surface area is 137 Å². The number of nitriles is 1. The molecular formula is C15H23N3O4S. The number of nitrogens with zero attached hydrogens (tertiary/aromatic N) is 2. The summed E-state index contributed by atoms with van der Waals surface area (Å²) in [6.07, 6.45) is 6.02. The standard InChI is InChI=1S/C15H23N3O4S/c1-23(21,22)18-8-4-5-11(10-18)14(19)13(9-16)15(20)17-12-6-2-3-7-12/h11-13H,2-8,10H2,1H3,(H,17,20)/t11-,13+/m0/s1. The van der Waals surface area contributed by atoms with E-state index >= 15 is 0 Å². The fraction of sp³-hybridized carbons (Fsp3) is 0.800. The number of hydrogen-bond donors (Lipinski definition) is 1. The lowest BCUT2D eigenvalue weighted by Crippen LogP contribution is -2.46. The molecule has 1 aliphatic carbocycles. The van der Waals surface area contributed by atoms with Gasteiger partial charge in [0.15, 0.2) is 11.7 Å². The van der Waals surface area contributed by atoms with E-state index in [9.17, 15) is 23.3 Å². The molecule has 1 aliphatic heterocycles. The van der Waals surface area contributed by atoms with E-state index in [1.165, 1.54) is 4.31 Å². The first-order chi connectivity index (χ1) is 10.8. The molecule has 0 radical (unpaired) electrons. The highest BCUT2D eigenvalue weighted by atomic mass is 32.2. The van der Waals surface area contributed by atoms with Gasteiger partial charge in [0.1, 0.15) is 0 Å². The maximum Gasteiger partial charge on any atom is 0.245 e.